The zero-order valence-electron chi connectivity index (χ0n) is 11.2. The van der Waals surface area contributed by atoms with E-state index >= 15 is 0 Å². The van der Waals surface area contributed by atoms with Gasteiger partial charge in [-0.25, -0.2) is 5.43 Å². The molecule has 6 heteroatoms. The monoisotopic (exact) mass is 286 g/mol. The standard InChI is InChI=1S/C15H14N2O4/c1-9(11-7-8-12(18)14(20)13(11)19)16-17-15(21)10-5-3-2-4-6-10/h2-8,18-20H,1H3,(H,17,21)/b16-9-. The van der Waals surface area contributed by atoms with Crippen molar-refractivity contribution < 1.29 is 20.1 Å². The van der Waals surface area contributed by atoms with Crippen molar-refractivity contribution in [3.8, 4) is 17.2 Å². The molecule has 0 unspecified atom stereocenters. The number of hydrogen-bond acceptors (Lipinski definition) is 5. The van der Waals surface area contributed by atoms with E-state index in [1.807, 2.05) is 0 Å². The second-order valence-electron chi connectivity index (χ2n) is 4.33. The SMILES string of the molecule is C/C(=N/NC(=O)c1ccccc1)c1ccc(O)c(O)c1O. The molecule has 0 saturated heterocycles. The van der Waals surface area contributed by atoms with Gasteiger partial charge in [0.25, 0.3) is 5.91 Å². The lowest BCUT2D eigenvalue weighted by molar-refractivity contribution is 0.0955. The predicted octanol–water partition coefficient (Wildman–Crippen LogP) is 1.96. The molecule has 21 heavy (non-hydrogen) atoms. The normalized spacial score (nSPS) is 11.2. The van der Waals surface area contributed by atoms with Crippen LogP contribution in [0.3, 0.4) is 0 Å². The largest absolute Gasteiger partial charge is 0.504 e. The van der Waals surface area contributed by atoms with Crippen molar-refractivity contribution in [2.45, 2.75) is 6.92 Å². The number of nitrogens with one attached hydrogen (secondary N) is 1. The fourth-order valence-electron chi connectivity index (χ4n) is 1.71. The number of hydrazone groups is 1. The molecule has 0 aliphatic heterocycles. The lowest BCUT2D eigenvalue weighted by atomic mass is 10.1. The van der Waals surface area contributed by atoms with Gasteiger partial charge in [-0.3, -0.25) is 4.79 Å². The number of carbonyl (C=O) groups excluding carboxylic acids is 1. The Morgan fingerprint density at radius 2 is 1.67 bits per heavy atom. The highest BCUT2D eigenvalue weighted by Gasteiger charge is 2.13. The van der Waals surface area contributed by atoms with E-state index in [2.05, 4.69) is 10.5 Å². The average Bonchev–Trinajstić information content (AvgIpc) is 2.51. The molecule has 0 saturated carbocycles. The third kappa shape index (κ3) is 3.11. The summed E-state index contributed by atoms with van der Waals surface area (Å²) < 4.78 is 0. The van der Waals surface area contributed by atoms with Crippen LogP contribution in [0.1, 0.15) is 22.8 Å². The molecule has 0 aliphatic carbocycles. The Morgan fingerprint density at radius 1 is 1.00 bits per heavy atom. The number of hydrogen-bond donors (Lipinski definition) is 4. The van der Waals surface area contributed by atoms with Gasteiger partial charge >= 0.3 is 0 Å². The smallest absolute Gasteiger partial charge is 0.271 e. The molecule has 0 aliphatic rings. The molecule has 2 aromatic carbocycles. The molecule has 0 heterocycles. The van der Waals surface area contributed by atoms with Crippen LogP contribution in [-0.2, 0) is 0 Å². The quantitative estimate of drug-likeness (QED) is 0.393. The van der Waals surface area contributed by atoms with Crippen LogP contribution in [0.4, 0.5) is 0 Å². The minimum Gasteiger partial charge on any atom is -0.504 e. The van der Waals surface area contributed by atoms with Gasteiger partial charge in [-0.05, 0) is 31.2 Å². The molecular weight excluding hydrogens is 272 g/mol. The highest BCUT2D eigenvalue weighted by atomic mass is 16.3. The lowest BCUT2D eigenvalue weighted by Gasteiger charge is -2.07. The van der Waals surface area contributed by atoms with Gasteiger partial charge in [-0.1, -0.05) is 18.2 Å². The van der Waals surface area contributed by atoms with Gasteiger partial charge in [0.05, 0.1) is 5.71 Å². The second kappa shape index (κ2) is 5.96. The molecule has 0 radical (unpaired) electrons. The molecule has 4 N–H and O–H groups in total. The molecular formula is C15H14N2O4. The first kappa shape index (κ1) is 14.4. The summed E-state index contributed by atoms with van der Waals surface area (Å²) in [7, 11) is 0. The van der Waals surface area contributed by atoms with Crippen molar-refractivity contribution in [3.05, 3.63) is 53.6 Å². The van der Waals surface area contributed by atoms with Crippen LogP contribution in [0.2, 0.25) is 0 Å². The van der Waals surface area contributed by atoms with Crippen LogP contribution >= 0.6 is 0 Å². The number of rotatable bonds is 3. The fraction of sp³-hybridized carbons (Fsp3) is 0.0667. The minimum atomic E-state index is -0.628. The first-order chi connectivity index (χ1) is 10.0. The molecule has 0 bridgehead atoms. The fourth-order valence-corrected chi connectivity index (χ4v) is 1.71. The second-order valence-corrected chi connectivity index (χ2v) is 4.33. The molecule has 0 fully saturated rings. The molecule has 2 aromatic rings. The minimum absolute atomic E-state index is 0.207. The summed E-state index contributed by atoms with van der Waals surface area (Å²) >= 11 is 0. The summed E-state index contributed by atoms with van der Waals surface area (Å²) in [6.07, 6.45) is 0. The Bertz CT molecular complexity index is 696. The maximum Gasteiger partial charge on any atom is 0.271 e. The summed E-state index contributed by atoms with van der Waals surface area (Å²) in [5.74, 6) is -1.95. The van der Waals surface area contributed by atoms with E-state index < -0.39 is 23.2 Å². The molecule has 0 aromatic heterocycles. The van der Waals surface area contributed by atoms with Crippen LogP contribution < -0.4 is 5.43 Å². The van der Waals surface area contributed by atoms with E-state index in [0.29, 0.717) is 5.56 Å². The van der Waals surface area contributed by atoms with Crippen LogP contribution in [0.15, 0.2) is 47.6 Å². The van der Waals surface area contributed by atoms with Gasteiger partial charge in [-0.2, -0.15) is 5.10 Å². The van der Waals surface area contributed by atoms with Crippen molar-refractivity contribution in [1.82, 2.24) is 5.43 Å². The number of benzene rings is 2. The number of phenols is 3. The number of nitrogens with zero attached hydrogens (tertiary/aromatic N) is 1. The van der Waals surface area contributed by atoms with Crippen LogP contribution in [0, 0.1) is 0 Å². The van der Waals surface area contributed by atoms with Crippen LogP contribution in [0.25, 0.3) is 0 Å². The van der Waals surface area contributed by atoms with Gasteiger partial charge in [0.1, 0.15) is 0 Å². The van der Waals surface area contributed by atoms with E-state index in [-0.39, 0.29) is 11.3 Å². The van der Waals surface area contributed by atoms with E-state index in [4.69, 9.17) is 0 Å². The zero-order chi connectivity index (χ0) is 15.4. The molecule has 6 nitrogen and oxygen atoms in total. The Balaban J connectivity index is 2.19. The van der Waals surface area contributed by atoms with Gasteiger partial charge < -0.3 is 15.3 Å². The van der Waals surface area contributed by atoms with Crippen molar-refractivity contribution in [3.63, 3.8) is 0 Å². The summed E-state index contributed by atoms with van der Waals surface area (Å²) in [6, 6.07) is 11.2. The number of carbonyl (C=O) groups is 1. The Hall–Kier alpha value is -3.02. The maximum atomic E-state index is 11.8. The highest BCUT2D eigenvalue weighted by molar-refractivity contribution is 6.03. The maximum absolute atomic E-state index is 11.8. The lowest BCUT2D eigenvalue weighted by Crippen LogP contribution is -2.19. The first-order valence-corrected chi connectivity index (χ1v) is 6.14. The highest BCUT2D eigenvalue weighted by Crippen LogP contribution is 2.37. The van der Waals surface area contributed by atoms with Gasteiger partial charge in [0.2, 0.25) is 5.75 Å². The molecule has 0 atom stereocenters. The van der Waals surface area contributed by atoms with E-state index in [1.165, 1.54) is 12.1 Å². The third-order valence-corrected chi connectivity index (χ3v) is 2.88. The average molecular weight is 286 g/mol. The van der Waals surface area contributed by atoms with E-state index in [0.717, 1.165) is 0 Å². The zero-order valence-corrected chi connectivity index (χ0v) is 11.2. The van der Waals surface area contributed by atoms with Crippen molar-refractivity contribution in [2.75, 3.05) is 0 Å². The van der Waals surface area contributed by atoms with Crippen molar-refractivity contribution in [1.29, 1.82) is 0 Å². The Morgan fingerprint density at radius 3 is 2.33 bits per heavy atom. The van der Waals surface area contributed by atoms with E-state index in [9.17, 15) is 20.1 Å². The first-order valence-electron chi connectivity index (χ1n) is 6.14. The molecule has 108 valence electrons. The summed E-state index contributed by atoms with van der Waals surface area (Å²) in [5.41, 5.74) is 3.29. The van der Waals surface area contributed by atoms with Gasteiger partial charge in [-0.15, -0.1) is 0 Å². The summed E-state index contributed by atoms with van der Waals surface area (Å²) in [6.45, 7) is 1.55. The topological polar surface area (TPSA) is 102 Å². The molecule has 0 spiro atoms. The summed E-state index contributed by atoms with van der Waals surface area (Å²) in [5, 5.41) is 32.3. The number of amides is 1. The van der Waals surface area contributed by atoms with Crippen LogP contribution in [0.5, 0.6) is 17.2 Å². The van der Waals surface area contributed by atoms with E-state index in [1.54, 1.807) is 37.3 Å². The van der Waals surface area contributed by atoms with Crippen molar-refractivity contribution >= 4 is 11.6 Å². The molecule has 2 rings (SSSR count). The molecule has 1 amide bonds. The number of aromatic hydroxyl groups is 3. The Labute approximate surface area is 121 Å². The number of phenolic OH excluding ortho intramolecular Hbond substituents is 3. The summed E-state index contributed by atoms with van der Waals surface area (Å²) in [4.78, 5) is 11.8. The Kier molecular flexibility index (Phi) is 4.08. The predicted molar refractivity (Wildman–Crippen MR) is 77.6 cm³/mol. The third-order valence-electron chi connectivity index (χ3n) is 2.88. The van der Waals surface area contributed by atoms with Gasteiger partial charge in [0.15, 0.2) is 11.5 Å². The van der Waals surface area contributed by atoms with Crippen LogP contribution in [-0.4, -0.2) is 26.9 Å². The van der Waals surface area contributed by atoms with Gasteiger partial charge in [0, 0.05) is 11.1 Å². The van der Waals surface area contributed by atoms with Crippen molar-refractivity contribution in [2.24, 2.45) is 5.10 Å².